The first-order valence-corrected chi connectivity index (χ1v) is 10.9. The number of rotatable bonds is 8. The van der Waals surface area contributed by atoms with Gasteiger partial charge >= 0.3 is 5.97 Å². The van der Waals surface area contributed by atoms with E-state index in [1.807, 2.05) is 6.92 Å². The Balaban J connectivity index is 1.48. The molecule has 0 bridgehead atoms. The smallest absolute Gasteiger partial charge is 0.341 e. The third-order valence-corrected chi connectivity index (χ3v) is 6.32. The molecule has 1 saturated carbocycles. The van der Waals surface area contributed by atoms with Gasteiger partial charge in [0, 0.05) is 29.9 Å². The van der Waals surface area contributed by atoms with Gasteiger partial charge in [-0.2, -0.15) is 0 Å². The van der Waals surface area contributed by atoms with Gasteiger partial charge in [-0.15, -0.1) is 11.3 Å². The molecule has 0 radical (unpaired) electrons. The van der Waals surface area contributed by atoms with E-state index in [0.717, 1.165) is 50.1 Å². The topological polar surface area (TPSA) is 87.7 Å². The summed E-state index contributed by atoms with van der Waals surface area (Å²) >= 11 is 1.42. The predicted molar refractivity (Wildman–Crippen MR) is 109 cm³/mol. The number of aryl methyl sites for hydroxylation is 1. The molecule has 2 heterocycles. The Morgan fingerprint density at radius 1 is 1.18 bits per heavy atom. The number of amides is 2. The zero-order chi connectivity index (χ0) is 20.1. The molecule has 0 unspecified atom stereocenters. The number of nitrogens with one attached hydrogen (secondary N) is 2. The lowest BCUT2D eigenvalue weighted by molar-refractivity contribution is -0.123. The zero-order valence-corrected chi connectivity index (χ0v) is 17.4. The number of likely N-dealkylation sites (tertiary alicyclic amines) is 1. The molecule has 1 aliphatic heterocycles. The van der Waals surface area contributed by atoms with Crippen molar-refractivity contribution in [1.29, 1.82) is 0 Å². The second-order valence-corrected chi connectivity index (χ2v) is 8.55. The molecule has 1 aromatic heterocycles. The normalized spacial score (nSPS) is 17.9. The summed E-state index contributed by atoms with van der Waals surface area (Å²) in [6.45, 7) is 5.91. The van der Waals surface area contributed by atoms with E-state index < -0.39 is 5.97 Å². The summed E-state index contributed by atoms with van der Waals surface area (Å²) in [6.07, 6.45) is 4.55. The van der Waals surface area contributed by atoms with E-state index in [9.17, 15) is 14.4 Å². The van der Waals surface area contributed by atoms with E-state index in [2.05, 4.69) is 15.5 Å². The maximum Gasteiger partial charge on any atom is 0.341 e. The minimum absolute atomic E-state index is 0.129. The summed E-state index contributed by atoms with van der Waals surface area (Å²) < 4.78 is 5.09. The van der Waals surface area contributed by atoms with E-state index >= 15 is 0 Å². The van der Waals surface area contributed by atoms with Crippen LogP contribution in [0, 0.1) is 5.92 Å². The fourth-order valence-electron chi connectivity index (χ4n) is 3.34. The van der Waals surface area contributed by atoms with Gasteiger partial charge in [0.2, 0.25) is 11.8 Å². The van der Waals surface area contributed by atoms with Crippen molar-refractivity contribution in [2.75, 3.05) is 31.6 Å². The molecule has 1 aliphatic carbocycles. The molecular formula is C20H29N3O4S. The summed E-state index contributed by atoms with van der Waals surface area (Å²) in [6, 6.07) is 2.01. The molecule has 8 heteroatoms. The standard InChI is InChI=1S/C20H29N3O4S/c1-3-15-11-16(20(26)27-4-2)19(28-15)22-17(24)12-23-9-7-14(8-10-23)21-18(25)13-5-6-13/h11,13-14H,3-10,12H2,1-2H3,(H,21,25)(H,22,24). The second-order valence-electron chi connectivity index (χ2n) is 7.41. The van der Waals surface area contributed by atoms with Gasteiger partial charge in [-0.3, -0.25) is 14.5 Å². The van der Waals surface area contributed by atoms with E-state index in [1.165, 1.54) is 11.3 Å². The van der Waals surface area contributed by atoms with Crippen LogP contribution in [-0.4, -0.2) is 55.0 Å². The molecule has 2 aliphatic rings. The molecule has 0 spiro atoms. The molecule has 7 nitrogen and oxygen atoms in total. The third kappa shape index (κ3) is 5.54. The largest absolute Gasteiger partial charge is 0.462 e. The average molecular weight is 408 g/mol. The van der Waals surface area contributed by atoms with Crippen LogP contribution < -0.4 is 10.6 Å². The van der Waals surface area contributed by atoms with Gasteiger partial charge < -0.3 is 15.4 Å². The Kier molecular flexibility index (Phi) is 7.07. The van der Waals surface area contributed by atoms with Crippen LogP contribution in [0.5, 0.6) is 0 Å². The third-order valence-electron chi connectivity index (χ3n) is 5.13. The maximum absolute atomic E-state index is 12.5. The molecule has 1 aromatic rings. The van der Waals surface area contributed by atoms with E-state index in [1.54, 1.807) is 13.0 Å². The number of thiophene rings is 1. The number of nitrogens with zero attached hydrogens (tertiary/aromatic N) is 1. The van der Waals surface area contributed by atoms with Crippen molar-refractivity contribution in [3.63, 3.8) is 0 Å². The quantitative estimate of drug-likeness (QED) is 0.646. The van der Waals surface area contributed by atoms with Crippen LogP contribution in [0.15, 0.2) is 6.07 Å². The summed E-state index contributed by atoms with van der Waals surface area (Å²) in [5.41, 5.74) is 0.429. The Labute approximate surface area is 169 Å². The molecule has 2 amide bonds. The summed E-state index contributed by atoms with van der Waals surface area (Å²) in [7, 11) is 0. The summed E-state index contributed by atoms with van der Waals surface area (Å²) in [5.74, 6) is -0.111. The van der Waals surface area contributed by atoms with E-state index in [4.69, 9.17) is 4.74 Å². The van der Waals surface area contributed by atoms with Gasteiger partial charge in [0.25, 0.3) is 0 Å². The number of esters is 1. The average Bonchev–Trinajstić information content (AvgIpc) is 3.45. The zero-order valence-electron chi connectivity index (χ0n) is 16.6. The van der Waals surface area contributed by atoms with Gasteiger partial charge in [-0.1, -0.05) is 6.92 Å². The maximum atomic E-state index is 12.5. The van der Waals surface area contributed by atoms with Gasteiger partial charge in [0.1, 0.15) is 5.00 Å². The van der Waals surface area contributed by atoms with Crippen LogP contribution >= 0.6 is 11.3 Å². The first-order valence-electron chi connectivity index (χ1n) is 10.1. The molecule has 3 rings (SSSR count). The van der Waals surface area contributed by atoms with Gasteiger partial charge in [0.15, 0.2) is 0 Å². The molecule has 0 atom stereocenters. The monoisotopic (exact) mass is 407 g/mol. The Bertz CT molecular complexity index is 721. The Hall–Kier alpha value is -1.93. The van der Waals surface area contributed by atoms with E-state index in [0.29, 0.717) is 17.2 Å². The van der Waals surface area contributed by atoms with Crippen molar-refractivity contribution in [3.8, 4) is 0 Å². The molecule has 0 aromatic carbocycles. The fraction of sp³-hybridized carbons (Fsp3) is 0.650. The highest BCUT2D eigenvalue weighted by molar-refractivity contribution is 7.16. The van der Waals surface area contributed by atoms with Crippen molar-refractivity contribution in [3.05, 3.63) is 16.5 Å². The Morgan fingerprint density at radius 3 is 2.50 bits per heavy atom. The first kappa shape index (κ1) is 20.8. The molecular weight excluding hydrogens is 378 g/mol. The SMILES string of the molecule is CCOC(=O)c1cc(CC)sc1NC(=O)CN1CCC(NC(=O)C2CC2)CC1. The fourth-order valence-corrected chi connectivity index (χ4v) is 4.34. The molecule has 28 heavy (non-hydrogen) atoms. The number of hydrogen-bond donors (Lipinski definition) is 2. The highest BCUT2D eigenvalue weighted by Gasteiger charge is 2.32. The molecule has 2 N–H and O–H groups in total. The highest BCUT2D eigenvalue weighted by Crippen LogP contribution is 2.30. The van der Waals surface area contributed by atoms with Crippen molar-refractivity contribution in [1.82, 2.24) is 10.2 Å². The number of anilines is 1. The van der Waals surface area contributed by atoms with E-state index in [-0.39, 0.29) is 30.3 Å². The number of piperidine rings is 1. The van der Waals surface area contributed by atoms with Crippen LogP contribution in [0.25, 0.3) is 0 Å². The van der Waals surface area contributed by atoms with Crippen molar-refractivity contribution in [2.24, 2.45) is 5.92 Å². The molecule has 2 fully saturated rings. The number of hydrogen-bond acceptors (Lipinski definition) is 6. The first-order chi connectivity index (χ1) is 13.5. The van der Waals surface area contributed by atoms with Crippen molar-refractivity contribution >= 4 is 34.1 Å². The summed E-state index contributed by atoms with van der Waals surface area (Å²) in [5, 5.41) is 6.57. The lowest BCUT2D eigenvalue weighted by atomic mass is 10.0. The predicted octanol–water partition coefficient (Wildman–Crippen LogP) is 2.42. The Morgan fingerprint density at radius 2 is 1.89 bits per heavy atom. The van der Waals surface area contributed by atoms with Gasteiger partial charge in [0.05, 0.1) is 18.7 Å². The van der Waals surface area contributed by atoms with Crippen LogP contribution in [-0.2, 0) is 20.7 Å². The number of carbonyl (C=O) groups excluding carboxylic acids is 3. The van der Waals surface area contributed by atoms with Crippen LogP contribution in [0.2, 0.25) is 0 Å². The molecule has 154 valence electrons. The minimum atomic E-state index is -0.402. The lowest BCUT2D eigenvalue weighted by Gasteiger charge is -2.31. The molecule has 1 saturated heterocycles. The van der Waals surface area contributed by atoms with Crippen LogP contribution in [0.4, 0.5) is 5.00 Å². The van der Waals surface area contributed by atoms with Crippen molar-refractivity contribution < 1.29 is 19.1 Å². The summed E-state index contributed by atoms with van der Waals surface area (Å²) in [4.78, 5) is 39.6. The minimum Gasteiger partial charge on any atom is -0.462 e. The van der Waals surface area contributed by atoms with Gasteiger partial charge in [-0.05, 0) is 45.1 Å². The van der Waals surface area contributed by atoms with Crippen LogP contribution in [0.3, 0.4) is 0 Å². The van der Waals surface area contributed by atoms with Crippen LogP contribution in [0.1, 0.15) is 54.8 Å². The number of carbonyl (C=O) groups is 3. The number of ether oxygens (including phenoxy) is 1. The lowest BCUT2D eigenvalue weighted by Crippen LogP contribution is -2.46. The van der Waals surface area contributed by atoms with Gasteiger partial charge in [-0.25, -0.2) is 4.79 Å². The second kappa shape index (κ2) is 9.52. The highest BCUT2D eigenvalue weighted by atomic mass is 32.1. The van der Waals surface area contributed by atoms with Crippen molar-refractivity contribution in [2.45, 2.75) is 52.0 Å².